The number of rotatable bonds is 3. The maximum atomic E-state index is 5.68. The van der Waals surface area contributed by atoms with E-state index in [1.54, 1.807) is 0 Å². The number of para-hydroxylation sites is 4. The van der Waals surface area contributed by atoms with Gasteiger partial charge in [0.15, 0.2) is 22.9 Å². The number of hydrogen-bond acceptors (Lipinski definition) is 4. The van der Waals surface area contributed by atoms with Crippen molar-refractivity contribution in [2.24, 2.45) is 0 Å². The fourth-order valence-corrected chi connectivity index (χ4v) is 2.27. The summed E-state index contributed by atoms with van der Waals surface area (Å²) in [5, 5.41) is 0. The van der Waals surface area contributed by atoms with Crippen LogP contribution in [0.4, 0.5) is 0 Å². The van der Waals surface area contributed by atoms with E-state index in [-0.39, 0.29) is 75.8 Å². The third-order valence-electron chi connectivity index (χ3n) is 3.23. The summed E-state index contributed by atoms with van der Waals surface area (Å²) in [6, 6.07) is 15.5. The zero-order valence-corrected chi connectivity index (χ0v) is 18.2. The average molecular weight is 497 g/mol. The van der Waals surface area contributed by atoms with Crippen molar-refractivity contribution in [2.75, 3.05) is 0 Å². The number of benzene rings is 2. The number of nitrogens with zero attached hydrogens (tertiary/aromatic N) is 2. The van der Waals surface area contributed by atoms with Gasteiger partial charge in [0.1, 0.15) is 11.0 Å². The van der Waals surface area contributed by atoms with E-state index in [2.05, 4.69) is 9.97 Å². The van der Waals surface area contributed by atoms with Crippen LogP contribution in [0.3, 0.4) is 0 Å². The smallest absolute Gasteiger partial charge is 1.00 e. The van der Waals surface area contributed by atoms with E-state index in [1.807, 2.05) is 48.5 Å². The molecule has 2 aromatic heterocycles. The van der Waals surface area contributed by atoms with Crippen molar-refractivity contribution in [3.8, 4) is 0 Å². The minimum Gasteiger partial charge on any atom is -1.00 e. The molecular weight excluding hydrogens is 485 g/mol. The van der Waals surface area contributed by atoms with Crippen LogP contribution < -0.4 is 49.6 Å². The first kappa shape index (κ1) is 26.7. The number of aryl methyl sites for hydroxylation is 2. The van der Waals surface area contributed by atoms with Gasteiger partial charge in [0.2, 0.25) is 0 Å². The van der Waals surface area contributed by atoms with Crippen LogP contribution in [0.2, 0.25) is 0 Å². The van der Waals surface area contributed by atoms with Crippen LogP contribution in [0.1, 0.15) is 11.8 Å². The van der Waals surface area contributed by atoms with E-state index < -0.39 is 0 Å². The van der Waals surface area contributed by atoms with Crippen molar-refractivity contribution in [1.29, 1.82) is 0 Å². The molecule has 0 spiro atoms. The molecule has 25 heavy (non-hydrogen) atoms. The SMILES string of the molecule is [Cl-].[Cl-].[Cl-].[Cl-].[Zr+4].c1ccc2oc(CCc3nc4ccccc4o3)nc2c1. The topological polar surface area (TPSA) is 52.1 Å². The molecule has 0 N–H and O–H groups in total. The summed E-state index contributed by atoms with van der Waals surface area (Å²) in [6.45, 7) is 0. The molecule has 0 saturated carbocycles. The Morgan fingerprint density at radius 2 is 0.960 bits per heavy atom. The first-order valence-corrected chi connectivity index (χ1v) is 6.57. The van der Waals surface area contributed by atoms with Crippen LogP contribution in [0.5, 0.6) is 0 Å². The van der Waals surface area contributed by atoms with Gasteiger partial charge in [0.05, 0.1) is 0 Å². The molecule has 2 heterocycles. The molecule has 130 valence electrons. The van der Waals surface area contributed by atoms with Crippen molar-refractivity contribution in [3.05, 3.63) is 60.3 Å². The van der Waals surface area contributed by atoms with Crippen molar-refractivity contribution < 1.29 is 84.7 Å². The molecule has 4 nitrogen and oxygen atoms in total. The normalized spacial score (nSPS) is 9.12. The summed E-state index contributed by atoms with van der Waals surface area (Å²) in [5.74, 6) is 1.43. The number of halogens is 4. The van der Waals surface area contributed by atoms with E-state index in [0.29, 0.717) is 24.6 Å². The third kappa shape index (κ3) is 5.97. The van der Waals surface area contributed by atoms with Crippen LogP contribution in [0, 0.1) is 0 Å². The van der Waals surface area contributed by atoms with Gasteiger partial charge in [-0.05, 0) is 24.3 Å². The van der Waals surface area contributed by atoms with Gasteiger partial charge in [-0.15, -0.1) is 0 Å². The van der Waals surface area contributed by atoms with Crippen molar-refractivity contribution in [2.45, 2.75) is 12.8 Å². The van der Waals surface area contributed by atoms with E-state index in [9.17, 15) is 0 Å². The molecule has 4 rings (SSSR count). The summed E-state index contributed by atoms with van der Waals surface area (Å²) >= 11 is 0. The number of fused-ring (bicyclic) bond motifs is 2. The summed E-state index contributed by atoms with van der Waals surface area (Å²) in [5.41, 5.74) is 3.42. The van der Waals surface area contributed by atoms with E-state index >= 15 is 0 Å². The standard InChI is InChI=1S/C16H12N2O2.4ClH.Zr/c1-3-7-13-11(5-1)17-15(19-13)9-10-16-18-12-6-2-4-8-14(12)20-16;;;;;/h1-8H,9-10H2;4*1H;/q;;;;;+4/p-4. The number of hydrogen-bond donors (Lipinski definition) is 0. The van der Waals surface area contributed by atoms with Gasteiger partial charge in [-0.2, -0.15) is 0 Å². The molecule has 0 aliphatic rings. The van der Waals surface area contributed by atoms with Crippen LogP contribution >= 0.6 is 0 Å². The van der Waals surface area contributed by atoms with Crippen molar-refractivity contribution >= 4 is 22.2 Å². The first-order chi connectivity index (χ1) is 9.88. The van der Waals surface area contributed by atoms with Crippen LogP contribution in [0.15, 0.2) is 57.4 Å². The average Bonchev–Trinajstić information content (AvgIpc) is 3.07. The molecule has 4 aromatic rings. The second-order valence-corrected chi connectivity index (χ2v) is 4.65. The maximum absolute atomic E-state index is 5.68. The monoisotopic (exact) mass is 494 g/mol. The molecule has 0 radical (unpaired) electrons. The third-order valence-corrected chi connectivity index (χ3v) is 3.23. The van der Waals surface area contributed by atoms with E-state index in [1.165, 1.54) is 0 Å². The van der Waals surface area contributed by atoms with Gasteiger partial charge in [0, 0.05) is 12.8 Å². The Bertz CT molecular complexity index is 758. The summed E-state index contributed by atoms with van der Waals surface area (Å²) in [7, 11) is 0. The number of aromatic nitrogens is 2. The maximum Gasteiger partial charge on any atom is 4.00 e. The zero-order chi connectivity index (χ0) is 13.4. The molecule has 0 fully saturated rings. The Kier molecular flexibility index (Phi) is 12.7. The van der Waals surface area contributed by atoms with E-state index in [4.69, 9.17) is 8.83 Å². The second-order valence-electron chi connectivity index (χ2n) is 4.65. The molecule has 0 aliphatic heterocycles. The minimum atomic E-state index is 0. The molecule has 0 atom stereocenters. The molecule has 9 heteroatoms. The molecule has 0 aliphatic carbocycles. The Labute approximate surface area is 188 Å². The van der Waals surface area contributed by atoms with Gasteiger partial charge in [0.25, 0.3) is 0 Å². The zero-order valence-electron chi connectivity index (χ0n) is 12.8. The minimum absolute atomic E-state index is 0. The molecule has 0 bridgehead atoms. The fraction of sp³-hybridized carbons (Fsp3) is 0.125. The van der Waals surface area contributed by atoms with Crippen LogP contribution in [-0.4, -0.2) is 9.97 Å². The van der Waals surface area contributed by atoms with Crippen LogP contribution in [-0.2, 0) is 39.0 Å². The largest absolute Gasteiger partial charge is 4.00 e. The van der Waals surface area contributed by atoms with Gasteiger partial charge in [-0.1, -0.05) is 24.3 Å². The summed E-state index contributed by atoms with van der Waals surface area (Å²) in [6.07, 6.45) is 1.36. The second kappa shape index (κ2) is 11.9. The Morgan fingerprint density at radius 3 is 1.32 bits per heavy atom. The Balaban J connectivity index is 0. The van der Waals surface area contributed by atoms with Gasteiger partial charge in [-0.3, -0.25) is 0 Å². The van der Waals surface area contributed by atoms with Gasteiger partial charge in [-0.25, -0.2) is 9.97 Å². The molecule has 2 aromatic carbocycles. The Morgan fingerprint density at radius 1 is 0.600 bits per heavy atom. The van der Waals surface area contributed by atoms with Crippen LogP contribution in [0.25, 0.3) is 22.2 Å². The van der Waals surface area contributed by atoms with Gasteiger partial charge >= 0.3 is 26.2 Å². The predicted molar refractivity (Wildman–Crippen MR) is 75.4 cm³/mol. The summed E-state index contributed by atoms with van der Waals surface area (Å²) < 4.78 is 11.4. The molecular formula is C16H12Cl4N2O2Zr. The fourth-order valence-electron chi connectivity index (χ4n) is 2.27. The molecule has 0 unspecified atom stereocenters. The molecule has 0 saturated heterocycles. The first-order valence-electron chi connectivity index (χ1n) is 6.57. The van der Waals surface area contributed by atoms with Gasteiger partial charge < -0.3 is 58.5 Å². The predicted octanol–water partition coefficient (Wildman–Crippen LogP) is -8.23. The molecule has 0 amide bonds. The van der Waals surface area contributed by atoms with Crippen molar-refractivity contribution in [3.63, 3.8) is 0 Å². The van der Waals surface area contributed by atoms with Crippen molar-refractivity contribution in [1.82, 2.24) is 9.97 Å². The van der Waals surface area contributed by atoms with E-state index in [0.717, 1.165) is 22.2 Å². The number of oxazole rings is 2. The Hall–Kier alpha value is -0.577. The summed E-state index contributed by atoms with van der Waals surface area (Å²) in [4.78, 5) is 8.89. The quantitative estimate of drug-likeness (QED) is 0.283.